The van der Waals surface area contributed by atoms with Gasteiger partial charge < -0.3 is 16.5 Å². The number of hydrogen-bond donors (Lipinski definition) is 3. The van der Waals surface area contributed by atoms with Crippen molar-refractivity contribution in [3.8, 4) is 5.69 Å². The van der Waals surface area contributed by atoms with Crippen LogP contribution in [0.2, 0.25) is 0 Å². The van der Waals surface area contributed by atoms with Crippen LogP contribution in [0.3, 0.4) is 0 Å². The summed E-state index contributed by atoms with van der Waals surface area (Å²) in [5.41, 5.74) is 12.3. The van der Waals surface area contributed by atoms with Crippen molar-refractivity contribution in [3.63, 3.8) is 0 Å². The van der Waals surface area contributed by atoms with Crippen molar-refractivity contribution < 1.29 is 4.79 Å². The van der Waals surface area contributed by atoms with Gasteiger partial charge in [0.05, 0.1) is 28.6 Å². The fourth-order valence-corrected chi connectivity index (χ4v) is 1.91. The molecule has 2 aromatic heterocycles. The van der Waals surface area contributed by atoms with Gasteiger partial charge in [0, 0.05) is 6.20 Å². The summed E-state index contributed by atoms with van der Waals surface area (Å²) in [7, 11) is 0. The van der Waals surface area contributed by atoms with E-state index in [9.17, 15) is 9.59 Å². The molecule has 0 unspecified atom stereocenters. The van der Waals surface area contributed by atoms with Crippen LogP contribution in [0, 0.1) is 0 Å². The fraction of sp³-hybridized carbons (Fsp3) is 0. The molecule has 20 heavy (non-hydrogen) atoms. The number of fused-ring (bicyclic) bond motifs is 1. The number of carbonyl (C=O) groups is 1. The van der Waals surface area contributed by atoms with E-state index in [1.807, 2.05) is 0 Å². The molecule has 0 atom stereocenters. The normalized spacial score (nSPS) is 10.8. The van der Waals surface area contributed by atoms with Gasteiger partial charge in [-0.15, -0.1) is 0 Å². The molecule has 100 valence electrons. The Bertz CT molecular complexity index is 879. The molecular weight excluding hydrogens is 260 g/mol. The fourth-order valence-electron chi connectivity index (χ4n) is 1.91. The third-order valence-electron chi connectivity index (χ3n) is 2.88. The van der Waals surface area contributed by atoms with Crippen molar-refractivity contribution in [3.05, 3.63) is 46.8 Å². The Kier molecular flexibility index (Phi) is 2.50. The van der Waals surface area contributed by atoms with E-state index in [4.69, 9.17) is 11.5 Å². The molecule has 8 heteroatoms. The summed E-state index contributed by atoms with van der Waals surface area (Å²) in [4.78, 5) is 29.2. The van der Waals surface area contributed by atoms with Crippen LogP contribution in [0.1, 0.15) is 10.5 Å². The molecule has 0 aliphatic rings. The molecule has 0 bridgehead atoms. The number of nitrogens with one attached hydrogen (secondary N) is 1. The lowest BCUT2D eigenvalue weighted by molar-refractivity contribution is 0.0995. The second-order valence-electron chi connectivity index (χ2n) is 4.17. The van der Waals surface area contributed by atoms with Gasteiger partial charge in [-0.2, -0.15) is 5.10 Å². The van der Waals surface area contributed by atoms with Crippen LogP contribution in [0.4, 0.5) is 5.69 Å². The quantitative estimate of drug-likeness (QED) is 0.554. The number of H-pyrrole nitrogens is 1. The molecule has 0 aliphatic carbocycles. The minimum Gasteiger partial charge on any atom is -0.397 e. The predicted molar refractivity (Wildman–Crippen MR) is 72.4 cm³/mol. The molecule has 5 N–H and O–H groups in total. The largest absolute Gasteiger partial charge is 0.397 e. The highest BCUT2D eigenvalue weighted by Gasteiger charge is 2.10. The third-order valence-corrected chi connectivity index (χ3v) is 2.88. The number of primary amides is 1. The smallest absolute Gasteiger partial charge is 0.269 e. The lowest BCUT2D eigenvalue weighted by Gasteiger charge is -2.07. The van der Waals surface area contributed by atoms with Gasteiger partial charge in [-0.25, -0.2) is 9.67 Å². The van der Waals surface area contributed by atoms with Crippen molar-refractivity contribution in [2.45, 2.75) is 0 Å². The first-order valence-corrected chi connectivity index (χ1v) is 5.69. The summed E-state index contributed by atoms with van der Waals surface area (Å²) >= 11 is 0. The van der Waals surface area contributed by atoms with Crippen LogP contribution in [0.5, 0.6) is 0 Å². The molecule has 0 spiro atoms. The van der Waals surface area contributed by atoms with Gasteiger partial charge in [0.2, 0.25) is 0 Å². The monoisotopic (exact) mass is 270 g/mol. The minimum atomic E-state index is -0.627. The first-order chi connectivity index (χ1) is 9.56. The molecule has 1 amide bonds. The number of nitrogens with two attached hydrogens (primary N) is 2. The van der Waals surface area contributed by atoms with E-state index < -0.39 is 5.91 Å². The van der Waals surface area contributed by atoms with Gasteiger partial charge in [-0.3, -0.25) is 9.59 Å². The van der Waals surface area contributed by atoms with Crippen molar-refractivity contribution in [2.75, 3.05) is 5.73 Å². The van der Waals surface area contributed by atoms with Crippen LogP contribution in [0.15, 0.2) is 35.5 Å². The lowest BCUT2D eigenvalue weighted by atomic mass is 10.2. The number of aromatic amines is 1. The second-order valence-corrected chi connectivity index (χ2v) is 4.17. The number of hydrogen-bond acceptors (Lipinski definition) is 5. The zero-order valence-electron chi connectivity index (χ0n) is 10.2. The molecule has 3 aromatic rings. The topological polar surface area (TPSA) is 133 Å². The number of benzene rings is 1. The summed E-state index contributed by atoms with van der Waals surface area (Å²) in [5, 5.41) is 4.40. The van der Waals surface area contributed by atoms with E-state index in [-0.39, 0.29) is 11.3 Å². The zero-order chi connectivity index (χ0) is 14.3. The summed E-state index contributed by atoms with van der Waals surface area (Å²) in [6.07, 6.45) is 2.87. The molecule has 8 nitrogen and oxygen atoms in total. The zero-order valence-corrected chi connectivity index (χ0v) is 10.2. The van der Waals surface area contributed by atoms with Gasteiger partial charge in [-0.05, 0) is 18.2 Å². The number of nitrogen functional groups attached to an aromatic ring is 1. The van der Waals surface area contributed by atoms with Crippen molar-refractivity contribution in [1.29, 1.82) is 0 Å². The first-order valence-electron chi connectivity index (χ1n) is 5.69. The Morgan fingerprint density at radius 1 is 1.35 bits per heavy atom. The average Bonchev–Trinajstić information content (AvgIpc) is 2.89. The van der Waals surface area contributed by atoms with E-state index >= 15 is 0 Å². The molecule has 0 saturated heterocycles. The maximum Gasteiger partial charge on any atom is 0.269 e. The van der Waals surface area contributed by atoms with E-state index in [0.29, 0.717) is 22.3 Å². The number of amides is 1. The number of rotatable bonds is 2. The van der Waals surface area contributed by atoms with Crippen LogP contribution in [-0.4, -0.2) is 25.7 Å². The lowest BCUT2D eigenvalue weighted by Crippen LogP contribution is -2.13. The Morgan fingerprint density at radius 2 is 2.15 bits per heavy atom. The summed E-state index contributed by atoms with van der Waals surface area (Å²) in [6.45, 7) is 0. The van der Waals surface area contributed by atoms with Gasteiger partial charge in [-0.1, -0.05) is 0 Å². The van der Waals surface area contributed by atoms with Crippen LogP contribution in [0.25, 0.3) is 16.6 Å². The van der Waals surface area contributed by atoms with Gasteiger partial charge >= 0.3 is 0 Å². The minimum absolute atomic E-state index is 0.128. The number of anilines is 1. The maximum atomic E-state index is 11.6. The van der Waals surface area contributed by atoms with Crippen molar-refractivity contribution >= 4 is 22.5 Å². The summed E-state index contributed by atoms with van der Waals surface area (Å²) in [6, 6.07) is 4.62. The van der Waals surface area contributed by atoms with E-state index in [2.05, 4.69) is 15.1 Å². The standard InChI is InChI=1S/C12H10N6O2/c13-7-3-6-9(15-5-16-12(6)20)4-10(7)18-2-1-8(17-18)11(14)19/h1-5H,13H2,(H2,14,19)(H,15,16,20). The molecule has 1 aromatic carbocycles. The molecule has 0 aliphatic heterocycles. The third kappa shape index (κ3) is 1.79. The highest BCUT2D eigenvalue weighted by atomic mass is 16.1. The molecule has 0 fully saturated rings. The Morgan fingerprint density at radius 3 is 2.85 bits per heavy atom. The molecule has 0 saturated carbocycles. The van der Waals surface area contributed by atoms with Gasteiger partial charge in [0.15, 0.2) is 0 Å². The number of aromatic nitrogens is 4. The Hall–Kier alpha value is -3.16. The van der Waals surface area contributed by atoms with Crippen LogP contribution < -0.4 is 17.0 Å². The number of nitrogens with zero attached hydrogens (tertiary/aromatic N) is 3. The SMILES string of the molecule is NC(=O)c1ccn(-c2cc3nc[nH]c(=O)c3cc2N)n1. The highest BCUT2D eigenvalue weighted by molar-refractivity contribution is 5.91. The Balaban J connectivity index is 2.23. The van der Waals surface area contributed by atoms with E-state index in [0.717, 1.165) is 0 Å². The van der Waals surface area contributed by atoms with E-state index in [1.165, 1.54) is 23.1 Å². The van der Waals surface area contributed by atoms with Gasteiger partial charge in [0.25, 0.3) is 11.5 Å². The van der Waals surface area contributed by atoms with Crippen LogP contribution in [-0.2, 0) is 0 Å². The van der Waals surface area contributed by atoms with E-state index in [1.54, 1.807) is 12.3 Å². The average molecular weight is 270 g/mol. The Labute approximate surface area is 112 Å². The van der Waals surface area contributed by atoms with Gasteiger partial charge in [0.1, 0.15) is 5.69 Å². The number of carbonyl (C=O) groups excluding carboxylic acids is 1. The molecular formula is C12H10N6O2. The maximum absolute atomic E-state index is 11.6. The first kappa shape index (κ1) is 11.9. The highest BCUT2D eigenvalue weighted by Crippen LogP contribution is 2.21. The molecule has 2 heterocycles. The second kappa shape index (κ2) is 4.19. The van der Waals surface area contributed by atoms with Crippen molar-refractivity contribution in [2.24, 2.45) is 5.73 Å². The molecule has 0 radical (unpaired) electrons. The van der Waals surface area contributed by atoms with Crippen molar-refractivity contribution in [1.82, 2.24) is 19.7 Å². The summed E-state index contributed by atoms with van der Waals surface area (Å²) < 4.78 is 1.41. The molecule has 3 rings (SSSR count). The predicted octanol–water partition coefficient (Wildman–Crippen LogP) is -0.210. The summed E-state index contributed by atoms with van der Waals surface area (Å²) in [5.74, 6) is -0.627. The van der Waals surface area contributed by atoms with Crippen LogP contribution >= 0.6 is 0 Å².